The van der Waals surface area contributed by atoms with Crippen LogP contribution in [0.4, 0.5) is 0 Å². The van der Waals surface area contributed by atoms with Gasteiger partial charge in [-0.25, -0.2) is 0 Å². The van der Waals surface area contributed by atoms with Crippen LogP contribution in [0.15, 0.2) is 18.2 Å². The van der Waals surface area contributed by atoms with E-state index in [1.54, 1.807) is 6.07 Å². The highest BCUT2D eigenvalue weighted by Crippen LogP contribution is 2.35. The SMILES string of the molecule is CC1(CNC(=O)c2cc(Cl)ccc2I)CCCCC1. The summed E-state index contributed by atoms with van der Waals surface area (Å²) in [4.78, 5) is 12.2. The maximum atomic E-state index is 12.2. The predicted molar refractivity (Wildman–Crippen MR) is 87.7 cm³/mol. The highest BCUT2D eigenvalue weighted by atomic mass is 127. The molecule has 1 aliphatic carbocycles. The number of halogens is 2. The van der Waals surface area contributed by atoms with Gasteiger partial charge in [-0.15, -0.1) is 0 Å². The van der Waals surface area contributed by atoms with Crippen molar-refractivity contribution in [2.24, 2.45) is 5.41 Å². The summed E-state index contributed by atoms with van der Waals surface area (Å²) in [6, 6.07) is 5.42. The largest absolute Gasteiger partial charge is 0.351 e. The molecule has 0 spiro atoms. The van der Waals surface area contributed by atoms with Gasteiger partial charge in [0.2, 0.25) is 0 Å². The van der Waals surface area contributed by atoms with Crippen molar-refractivity contribution in [3.63, 3.8) is 0 Å². The Balaban J connectivity index is 1.99. The summed E-state index contributed by atoms with van der Waals surface area (Å²) in [5, 5.41) is 3.68. The van der Waals surface area contributed by atoms with Crippen LogP contribution in [-0.2, 0) is 0 Å². The number of rotatable bonds is 3. The summed E-state index contributed by atoms with van der Waals surface area (Å²) in [7, 11) is 0. The molecule has 1 N–H and O–H groups in total. The van der Waals surface area contributed by atoms with Crippen molar-refractivity contribution in [3.05, 3.63) is 32.4 Å². The maximum absolute atomic E-state index is 12.2. The quantitative estimate of drug-likeness (QED) is 0.747. The number of carbonyl (C=O) groups is 1. The van der Waals surface area contributed by atoms with E-state index in [-0.39, 0.29) is 11.3 Å². The molecule has 1 fully saturated rings. The predicted octanol–water partition coefficient (Wildman–Crippen LogP) is 4.64. The first-order chi connectivity index (χ1) is 9.00. The topological polar surface area (TPSA) is 29.1 Å². The van der Waals surface area contributed by atoms with Crippen molar-refractivity contribution >= 4 is 40.1 Å². The zero-order valence-corrected chi connectivity index (χ0v) is 14.1. The van der Waals surface area contributed by atoms with Crippen LogP contribution in [0, 0.1) is 8.99 Å². The van der Waals surface area contributed by atoms with E-state index in [2.05, 4.69) is 34.8 Å². The number of benzene rings is 1. The van der Waals surface area contributed by atoms with Crippen molar-refractivity contribution in [2.75, 3.05) is 6.54 Å². The van der Waals surface area contributed by atoms with Gasteiger partial charge in [-0.05, 0) is 59.0 Å². The third-order valence-electron chi connectivity index (χ3n) is 3.91. The number of nitrogens with one attached hydrogen (secondary N) is 1. The normalized spacial score (nSPS) is 18.1. The standard InChI is InChI=1S/C15H19ClINO/c1-15(7-3-2-4-8-15)10-18-14(19)12-9-11(16)5-6-13(12)17/h5-6,9H,2-4,7-8,10H2,1H3,(H,18,19). The van der Waals surface area contributed by atoms with Crippen LogP contribution in [0.2, 0.25) is 5.02 Å². The third-order valence-corrected chi connectivity index (χ3v) is 5.09. The lowest BCUT2D eigenvalue weighted by atomic mass is 9.76. The first kappa shape index (κ1) is 15.1. The summed E-state index contributed by atoms with van der Waals surface area (Å²) < 4.78 is 0.938. The van der Waals surface area contributed by atoms with E-state index in [4.69, 9.17) is 11.6 Å². The Morgan fingerprint density at radius 1 is 1.37 bits per heavy atom. The molecular weight excluding hydrogens is 373 g/mol. The highest BCUT2D eigenvalue weighted by molar-refractivity contribution is 14.1. The van der Waals surface area contributed by atoms with E-state index in [9.17, 15) is 4.79 Å². The van der Waals surface area contributed by atoms with E-state index in [0.717, 1.165) is 10.1 Å². The van der Waals surface area contributed by atoms with Gasteiger partial charge in [0.25, 0.3) is 5.91 Å². The van der Waals surface area contributed by atoms with Gasteiger partial charge in [0.1, 0.15) is 0 Å². The van der Waals surface area contributed by atoms with Crippen molar-refractivity contribution < 1.29 is 4.79 Å². The Morgan fingerprint density at radius 3 is 2.74 bits per heavy atom. The molecule has 0 aromatic heterocycles. The highest BCUT2D eigenvalue weighted by Gasteiger charge is 2.27. The Labute approximate surface area is 133 Å². The molecule has 0 aliphatic heterocycles. The number of amides is 1. The molecule has 1 saturated carbocycles. The zero-order chi connectivity index (χ0) is 13.9. The summed E-state index contributed by atoms with van der Waals surface area (Å²) in [6.07, 6.45) is 6.30. The fourth-order valence-corrected chi connectivity index (χ4v) is 3.40. The lowest BCUT2D eigenvalue weighted by Crippen LogP contribution is -2.37. The number of carbonyl (C=O) groups excluding carboxylic acids is 1. The number of hydrogen-bond acceptors (Lipinski definition) is 1. The van der Waals surface area contributed by atoms with Gasteiger partial charge < -0.3 is 5.32 Å². The average Bonchev–Trinajstić information content (AvgIpc) is 2.40. The Bertz CT molecular complexity index is 469. The van der Waals surface area contributed by atoms with Gasteiger partial charge in [0.15, 0.2) is 0 Å². The molecule has 2 rings (SSSR count). The molecule has 2 nitrogen and oxygen atoms in total. The van der Waals surface area contributed by atoms with E-state index in [0.29, 0.717) is 10.6 Å². The summed E-state index contributed by atoms with van der Waals surface area (Å²) >= 11 is 8.12. The van der Waals surface area contributed by atoms with E-state index in [1.165, 1.54) is 32.1 Å². The summed E-state index contributed by atoms with van der Waals surface area (Å²) in [6.45, 7) is 3.03. The Hall–Kier alpha value is -0.290. The van der Waals surface area contributed by atoms with Gasteiger partial charge in [-0.1, -0.05) is 37.8 Å². The van der Waals surface area contributed by atoms with Crippen LogP contribution < -0.4 is 5.32 Å². The van der Waals surface area contributed by atoms with Crippen LogP contribution in [0.1, 0.15) is 49.4 Å². The van der Waals surface area contributed by atoms with Crippen LogP contribution in [0.3, 0.4) is 0 Å². The average molecular weight is 392 g/mol. The molecule has 0 heterocycles. The van der Waals surface area contributed by atoms with E-state index >= 15 is 0 Å². The van der Waals surface area contributed by atoms with Crippen LogP contribution in [0.5, 0.6) is 0 Å². The molecule has 1 aromatic rings. The summed E-state index contributed by atoms with van der Waals surface area (Å²) in [5.74, 6) is -0.0151. The van der Waals surface area contributed by atoms with Crippen LogP contribution >= 0.6 is 34.2 Å². The van der Waals surface area contributed by atoms with Crippen LogP contribution in [-0.4, -0.2) is 12.5 Å². The minimum atomic E-state index is -0.0151. The molecule has 0 atom stereocenters. The molecule has 1 aromatic carbocycles. The van der Waals surface area contributed by atoms with Gasteiger partial charge in [0.05, 0.1) is 5.56 Å². The molecule has 0 saturated heterocycles. The second-order valence-electron chi connectivity index (χ2n) is 5.68. The minimum absolute atomic E-state index is 0.0151. The first-order valence-electron chi connectivity index (χ1n) is 6.73. The Morgan fingerprint density at radius 2 is 2.05 bits per heavy atom. The van der Waals surface area contributed by atoms with Gasteiger partial charge in [-0.2, -0.15) is 0 Å². The fraction of sp³-hybridized carbons (Fsp3) is 0.533. The number of hydrogen-bond donors (Lipinski definition) is 1. The zero-order valence-electron chi connectivity index (χ0n) is 11.1. The molecule has 0 radical (unpaired) electrons. The third kappa shape index (κ3) is 4.09. The van der Waals surface area contributed by atoms with Gasteiger partial charge in [0, 0.05) is 15.1 Å². The van der Waals surface area contributed by atoms with Crippen molar-refractivity contribution in [3.8, 4) is 0 Å². The monoisotopic (exact) mass is 391 g/mol. The fourth-order valence-electron chi connectivity index (χ4n) is 2.64. The minimum Gasteiger partial charge on any atom is -0.351 e. The molecule has 19 heavy (non-hydrogen) atoms. The van der Waals surface area contributed by atoms with E-state index < -0.39 is 0 Å². The van der Waals surface area contributed by atoms with Gasteiger partial charge >= 0.3 is 0 Å². The lowest BCUT2D eigenvalue weighted by molar-refractivity contribution is 0.0918. The second kappa shape index (κ2) is 6.44. The van der Waals surface area contributed by atoms with Crippen molar-refractivity contribution in [1.82, 2.24) is 5.32 Å². The second-order valence-corrected chi connectivity index (χ2v) is 7.28. The van der Waals surface area contributed by atoms with Gasteiger partial charge in [-0.3, -0.25) is 4.79 Å². The van der Waals surface area contributed by atoms with Crippen molar-refractivity contribution in [1.29, 1.82) is 0 Å². The van der Waals surface area contributed by atoms with Crippen LogP contribution in [0.25, 0.3) is 0 Å². The van der Waals surface area contributed by atoms with E-state index in [1.807, 2.05) is 12.1 Å². The maximum Gasteiger partial charge on any atom is 0.252 e. The molecule has 4 heteroatoms. The molecule has 1 aliphatic rings. The summed E-state index contributed by atoms with van der Waals surface area (Å²) in [5.41, 5.74) is 0.935. The molecule has 0 bridgehead atoms. The smallest absolute Gasteiger partial charge is 0.252 e. The molecular formula is C15H19ClINO. The molecule has 104 valence electrons. The van der Waals surface area contributed by atoms with Crippen molar-refractivity contribution in [2.45, 2.75) is 39.0 Å². The molecule has 1 amide bonds. The lowest BCUT2D eigenvalue weighted by Gasteiger charge is -2.33. The Kier molecular flexibility index (Phi) is 5.12. The molecule has 0 unspecified atom stereocenters. The first-order valence-corrected chi connectivity index (χ1v) is 8.19.